The topological polar surface area (TPSA) is 48.5 Å². The first-order valence-electron chi connectivity index (χ1n) is 27.9. The number of rotatable bonds is 13. The summed E-state index contributed by atoms with van der Waals surface area (Å²) in [4.78, 5) is 14.4. The van der Waals surface area contributed by atoms with E-state index in [0.717, 1.165) is 134 Å². The summed E-state index contributed by atoms with van der Waals surface area (Å²) < 4.78 is 4.21. The van der Waals surface area contributed by atoms with Crippen LogP contribution in [0.4, 0.5) is 0 Å². The van der Waals surface area contributed by atoms with E-state index in [9.17, 15) is 0 Å². The maximum absolute atomic E-state index is 4.82. The van der Waals surface area contributed by atoms with E-state index in [1.54, 1.807) is 0 Å². The third kappa shape index (κ3) is 10.6. The molecule has 14 aromatic rings. The van der Waals surface area contributed by atoms with Gasteiger partial charge >= 0.3 is 20.1 Å². The summed E-state index contributed by atoms with van der Waals surface area (Å²) in [6.45, 7) is 2.11. The van der Waals surface area contributed by atoms with Crippen LogP contribution in [0.5, 0.6) is 0 Å². The number of aryl methyl sites for hydroxylation is 1. The molecule has 0 radical (unpaired) electrons. The fraction of sp³-hybridized carbons (Fsp3) is 0.0128. The van der Waals surface area contributed by atoms with Gasteiger partial charge in [0, 0.05) is 42.4 Å². The molecule has 6 heteroatoms. The van der Waals surface area contributed by atoms with Crippen molar-refractivity contribution >= 4 is 0 Å². The summed E-state index contributed by atoms with van der Waals surface area (Å²) in [5.74, 6) is 1.67. The van der Waals surface area contributed by atoms with Crippen LogP contribution in [-0.2, 0) is 20.1 Å². The van der Waals surface area contributed by atoms with Gasteiger partial charge in [-0.2, -0.15) is 0 Å². The number of benzene rings is 11. The molecule has 11 aromatic carbocycles. The molecular weight excluding hydrogens is 1200 g/mol. The van der Waals surface area contributed by atoms with E-state index in [1.165, 1.54) is 5.56 Å². The number of imidazole rings is 2. The second-order valence-electron chi connectivity index (χ2n) is 20.7. The Morgan fingerprint density at radius 2 is 0.690 bits per heavy atom. The molecule has 0 aliphatic heterocycles. The molecule has 0 aliphatic carbocycles. The zero-order valence-electron chi connectivity index (χ0n) is 45.9. The molecule has 0 unspecified atom stereocenters. The van der Waals surface area contributed by atoms with E-state index < -0.39 is 0 Å². The van der Waals surface area contributed by atoms with E-state index in [1.807, 2.05) is 73.4 Å². The summed E-state index contributed by atoms with van der Waals surface area (Å²) in [5.41, 5.74) is 24.5. The van der Waals surface area contributed by atoms with Crippen molar-refractivity contribution < 1.29 is 20.1 Å². The van der Waals surface area contributed by atoms with Crippen LogP contribution in [-0.4, -0.2) is 24.1 Å². The van der Waals surface area contributed by atoms with Gasteiger partial charge in [-0.1, -0.05) is 214 Å². The van der Waals surface area contributed by atoms with Crippen LogP contribution in [0.3, 0.4) is 0 Å². The van der Waals surface area contributed by atoms with Gasteiger partial charge in [0.05, 0.1) is 11.6 Å². The molecule has 0 fully saturated rings. The molecule has 0 spiro atoms. The van der Waals surface area contributed by atoms with Gasteiger partial charge in [0.2, 0.25) is 0 Å². The van der Waals surface area contributed by atoms with Crippen molar-refractivity contribution in [2.24, 2.45) is 0 Å². The second-order valence-corrected chi connectivity index (χ2v) is 20.7. The van der Waals surface area contributed by atoms with Crippen molar-refractivity contribution in [1.82, 2.24) is 24.1 Å². The molecule has 3 heterocycles. The summed E-state index contributed by atoms with van der Waals surface area (Å²) in [7, 11) is 0. The van der Waals surface area contributed by atoms with Crippen LogP contribution in [0, 0.1) is 25.1 Å². The zero-order chi connectivity index (χ0) is 55.5. The first kappa shape index (κ1) is 53.0. The number of pyridine rings is 1. The molecule has 0 N–H and O–H groups in total. The zero-order valence-corrected chi connectivity index (χ0v) is 48.3. The van der Waals surface area contributed by atoms with Crippen LogP contribution >= 0.6 is 0 Å². The molecule has 5 nitrogen and oxygen atoms in total. The van der Waals surface area contributed by atoms with Crippen molar-refractivity contribution in [2.75, 3.05) is 0 Å². The fourth-order valence-electron chi connectivity index (χ4n) is 11.4. The van der Waals surface area contributed by atoms with E-state index >= 15 is 0 Å². The first-order chi connectivity index (χ1) is 41.1. The Morgan fingerprint density at radius 3 is 1.17 bits per heavy atom. The first-order valence-corrected chi connectivity index (χ1v) is 27.9. The largest absolute Gasteiger partial charge is 3.00 e. The number of aromatic nitrogens is 5. The molecule has 398 valence electrons. The number of hydrogen-bond donors (Lipinski definition) is 0. The minimum absolute atomic E-state index is 0. The Bertz CT molecular complexity index is 4400. The van der Waals surface area contributed by atoms with Crippen molar-refractivity contribution in [3.63, 3.8) is 0 Å². The van der Waals surface area contributed by atoms with Gasteiger partial charge in [-0.3, -0.25) is 9.97 Å². The molecule has 0 saturated heterocycles. The average molecular weight is 1250 g/mol. The van der Waals surface area contributed by atoms with Crippen molar-refractivity contribution in [2.45, 2.75) is 6.92 Å². The Hall–Kier alpha value is -10.4. The predicted molar refractivity (Wildman–Crippen MR) is 340 cm³/mol. The monoisotopic (exact) mass is 1250 g/mol. The molecule has 0 aliphatic rings. The summed E-state index contributed by atoms with van der Waals surface area (Å²) >= 11 is 0. The Morgan fingerprint density at radius 1 is 0.286 bits per heavy atom. The molecular formula is C78H52IrN5. The van der Waals surface area contributed by atoms with Crippen molar-refractivity contribution in [1.29, 1.82) is 0 Å². The van der Waals surface area contributed by atoms with E-state index in [2.05, 4.69) is 259 Å². The van der Waals surface area contributed by atoms with Crippen molar-refractivity contribution in [3.8, 4) is 134 Å². The second kappa shape index (κ2) is 23.6. The molecule has 0 bridgehead atoms. The van der Waals surface area contributed by atoms with Crippen LogP contribution in [0.1, 0.15) is 5.56 Å². The molecule has 14 rings (SSSR count). The maximum Gasteiger partial charge on any atom is 3.00 e. The number of hydrogen-bond acceptors (Lipinski definition) is 3. The third-order valence-corrected chi connectivity index (χ3v) is 15.5. The third-order valence-electron chi connectivity index (χ3n) is 15.5. The van der Waals surface area contributed by atoms with Gasteiger partial charge in [0.1, 0.15) is 0 Å². The Labute approximate surface area is 504 Å². The van der Waals surface area contributed by atoms with Gasteiger partial charge in [0.25, 0.3) is 0 Å². The number of nitrogens with zero attached hydrogens (tertiary/aromatic N) is 5. The normalized spacial score (nSPS) is 11.1. The molecule has 3 aromatic heterocycles. The molecule has 0 saturated carbocycles. The standard InChI is InChI=1S/C78H52N5.Ir/c1-54-43-44-79-76(49-54)62-41-42-74(75(53-62)59-31-29-56(30-32-59)55-17-5-2-6-18-55)73-28-16-15-27-72(73)65-51-63(70-25-13-11-23-68(70)57-33-37-60(38-34-57)77-80-45-47-82(77)66-19-7-3-8-20-66)50-64(52-65)71-26-14-12-24-69(71)58-35-39-61(40-36-58)78-81-46-48-83(78)67-21-9-4-10-22-67;/h2-37,39,42-53H,1H3;/q-3;+3. The maximum atomic E-state index is 4.82. The van der Waals surface area contributed by atoms with Gasteiger partial charge in [-0.05, 0) is 111 Å². The number of para-hydroxylation sites is 2. The van der Waals surface area contributed by atoms with Crippen LogP contribution in [0.2, 0.25) is 0 Å². The minimum Gasteiger partial charge on any atom is -0.340 e. The van der Waals surface area contributed by atoms with E-state index in [-0.39, 0.29) is 20.1 Å². The van der Waals surface area contributed by atoms with Crippen molar-refractivity contribution in [3.05, 3.63) is 322 Å². The molecule has 0 atom stereocenters. The smallest absolute Gasteiger partial charge is 0.340 e. The van der Waals surface area contributed by atoms with Crippen LogP contribution < -0.4 is 0 Å². The Balaban J connectivity index is 0.00000658. The SMILES string of the molecule is Cc1ccnc(-c2[c-]cc(-c3ccccc3-c3cc(-c4ccccc4-c4c[c-]c(-c5nccn5-c5ccccc5)cc4)cc(-c4ccccc4-c4c[c-]c(-c5nccn5-c5ccccc5)cc4)c3)c(-c3ccc(-c4ccccc4)cc3)c2)c1.[Ir+3]. The summed E-state index contributed by atoms with van der Waals surface area (Å²) in [5, 5.41) is 0. The average Bonchev–Trinajstić information content (AvgIpc) is 2.97. The van der Waals surface area contributed by atoms with Gasteiger partial charge in [-0.25, -0.2) is 0 Å². The fourth-order valence-corrected chi connectivity index (χ4v) is 11.4. The van der Waals surface area contributed by atoms with E-state index in [0.29, 0.717) is 0 Å². The van der Waals surface area contributed by atoms with Gasteiger partial charge < -0.3 is 14.1 Å². The molecule has 0 amide bonds. The summed E-state index contributed by atoms with van der Waals surface area (Å²) in [6.07, 6.45) is 9.57. The quantitative estimate of drug-likeness (QED) is 0.108. The van der Waals surface area contributed by atoms with Crippen LogP contribution in [0.25, 0.3) is 134 Å². The predicted octanol–water partition coefficient (Wildman–Crippen LogP) is 19.5. The minimum atomic E-state index is 0. The van der Waals surface area contributed by atoms with E-state index in [4.69, 9.17) is 15.0 Å². The van der Waals surface area contributed by atoms with Crippen LogP contribution in [0.15, 0.2) is 298 Å². The summed E-state index contributed by atoms with van der Waals surface area (Å²) in [6, 6.07) is 106. The molecule has 84 heavy (non-hydrogen) atoms. The van der Waals surface area contributed by atoms with Gasteiger partial charge in [0.15, 0.2) is 0 Å². The van der Waals surface area contributed by atoms with Gasteiger partial charge in [-0.15, -0.1) is 83.4 Å². The Kier molecular flexibility index (Phi) is 14.9.